The summed E-state index contributed by atoms with van der Waals surface area (Å²) in [5.74, 6) is 5.64. The third-order valence-corrected chi connectivity index (χ3v) is 3.19. The summed E-state index contributed by atoms with van der Waals surface area (Å²) in [6.07, 6.45) is 1.68. The molecule has 0 aliphatic carbocycles. The highest BCUT2D eigenvalue weighted by molar-refractivity contribution is 5.38. The largest absolute Gasteiger partial charge is 0.469 e. The molecule has 0 spiro atoms. The lowest BCUT2D eigenvalue weighted by Crippen LogP contribution is -2.17. The molecule has 1 N–H and O–H groups in total. The zero-order valence-corrected chi connectivity index (χ0v) is 12.2. The van der Waals surface area contributed by atoms with Crippen LogP contribution in [-0.4, -0.2) is 23.7 Å². The summed E-state index contributed by atoms with van der Waals surface area (Å²) in [7, 11) is 1.99. The molecule has 0 amide bonds. The molecule has 0 fully saturated rings. The Morgan fingerprint density at radius 3 is 2.76 bits per heavy atom. The molecule has 0 unspecified atom stereocenters. The molecule has 110 valence electrons. The van der Waals surface area contributed by atoms with Crippen molar-refractivity contribution >= 4 is 0 Å². The number of nitrogens with zero attached hydrogens (tertiary/aromatic N) is 1. The van der Waals surface area contributed by atoms with Gasteiger partial charge in [0, 0.05) is 18.7 Å². The van der Waals surface area contributed by atoms with Gasteiger partial charge in [0.25, 0.3) is 0 Å². The van der Waals surface area contributed by atoms with E-state index in [0.29, 0.717) is 12.1 Å². The predicted molar refractivity (Wildman–Crippen MR) is 79.0 cm³/mol. The van der Waals surface area contributed by atoms with Gasteiger partial charge in [0.15, 0.2) is 0 Å². The fourth-order valence-corrected chi connectivity index (χ4v) is 2.13. The Labute approximate surface area is 124 Å². The Morgan fingerprint density at radius 1 is 1.29 bits per heavy atom. The van der Waals surface area contributed by atoms with E-state index < -0.39 is 0 Å². The van der Waals surface area contributed by atoms with E-state index in [4.69, 9.17) is 9.52 Å². The zero-order chi connectivity index (χ0) is 15.2. The van der Waals surface area contributed by atoms with Crippen LogP contribution in [0.4, 0.5) is 4.39 Å². The van der Waals surface area contributed by atoms with Gasteiger partial charge >= 0.3 is 0 Å². The second kappa shape index (κ2) is 7.07. The molecule has 1 heterocycles. The van der Waals surface area contributed by atoms with Crippen molar-refractivity contribution in [1.29, 1.82) is 0 Å². The molecule has 2 aromatic rings. The number of aliphatic hydroxyl groups is 1. The Bertz CT molecular complexity index is 667. The second-order valence-electron chi connectivity index (χ2n) is 4.95. The van der Waals surface area contributed by atoms with Crippen molar-refractivity contribution in [2.75, 3.05) is 13.7 Å². The molecule has 1 aromatic carbocycles. The van der Waals surface area contributed by atoms with E-state index in [1.54, 1.807) is 18.4 Å². The number of halogens is 1. The molecule has 0 saturated carbocycles. The van der Waals surface area contributed by atoms with Gasteiger partial charge in [-0.15, -0.1) is 0 Å². The summed E-state index contributed by atoms with van der Waals surface area (Å²) in [6, 6.07) is 6.83. The first-order valence-electron chi connectivity index (χ1n) is 6.70. The molecule has 0 atom stereocenters. The maximum atomic E-state index is 13.6. The van der Waals surface area contributed by atoms with Gasteiger partial charge in [0.05, 0.1) is 11.8 Å². The average molecular weight is 287 g/mol. The van der Waals surface area contributed by atoms with E-state index >= 15 is 0 Å². The minimum atomic E-state index is -0.368. The van der Waals surface area contributed by atoms with E-state index in [1.807, 2.05) is 20.0 Å². The van der Waals surface area contributed by atoms with Gasteiger partial charge in [0.2, 0.25) is 0 Å². The van der Waals surface area contributed by atoms with Crippen LogP contribution in [0.2, 0.25) is 0 Å². The quantitative estimate of drug-likeness (QED) is 0.878. The highest BCUT2D eigenvalue weighted by Crippen LogP contribution is 2.15. The zero-order valence-electron chi connectivity index (χ0n) is 12.2. The lowest BCUT2D eigenvalue weighted by atomic mass is 10.1. The second-order valence-corrected chi connectivity index (χ2v) is 4.95. The third kappa shape index (κ3) is 4.19. The molecule has 3 nitrogen and oxygen atoms in total. The third-order valence-electron chi connectivity index (χ3n) is 3.19. The standard InChI is InChI=1S/C17H18FNO2/c1-13-16(7-9-21-13)12-19(2)11-14-5-6-17(18)15(10-14)4-3-8-20/h5-7,9-10,20H,8,11-12H2,1-2H3. The van der Waals surface area contributed by atoms with Crippen LogP contribution in [0, 0.1) is 24.6 Å². The van der Waals surface area contributed by atoms with Crippen LogP contribution in [-0.2, 0) is 13.1 Å². The van der Waals surface area contributed by atoms with Crippen LogP contribution in [0.25, 0.3) is 0 Å². The van der Waals surface area contributed by atoms with E-state index in [9.17, 15) is 4.39 Å². The van der Waals surface area contributed by atoms with Crippen molar-refractivity contribution in [1.82, 2.24) is 4.90 Å². The van der Waals surface area contributed by atoms with Gasteiger partial charge in [-0.25, -0.2) is 4.39 Å². The van der Waals surface area contributed by atoms with Gasteiger partial charge < -0.3 is 9.52 Å². The molecule has 0 aliphatic heterocycles. The van der Waals surface area contributed by atoms with E-state index in [0.717, 1.165) is 23.4 Å². The van der Waals surface area contributed by atoms with Gasteiger partial charge in [-0.3, -0.25) is 4.90 Å². The van der Waals surface area contributed by atoms with Crippen molar-refractivity contribution in [3.63, 3.8) is 0 Å². The first-order valence-corrected chi connectivity index (χ1v) is 6.70. The maximum absolute atomic E-state index is 13.6. The summed E-state index contributed by atoms with van der Waals surface area (Å²) in [5, 5.41) is 8.69. The van der Waals surface area contributed by atoms with Crippen molar-refractivity contribution in [2.24, 2.45) is 0 Å². The van der Waals surface area contributed by atoms with Crippen molar-refractivity contribution in [3.05, 3.63) is 58.8 Å². The van der Waals surface area contributed by atoms with Gasteiger partial charge in [-0.2, -0.15) is 0 Å². The molecule has 2 rings (SSSR count). The first kappa shape index (κ1) is 15.3. The number of aryl methyl sites for hydroxylation is 1. The lowest BCUT2D eigenvalue weighted by Gasteiger charge is -2.16. The summed E-state index contributed by atoms with van der Waals surface area (Å²) in [4.78, 5) is 2.12. The van der Waals surface area contributed by atoms with Crippen LogP contribution >= 0.6 is 0 Å². The van der Waals surface area contributed by atoms with Crippen LogP contribution in [0.3, 0.4) is 0 Å². The van der Waals surface area contributed by atoms with Gasteiger partial charge in [-0.1, -0.05) is 17.9 Å². The number of hydrogen-bond acceptors (Lipinski definition) is 3. The summed E-state index contributed by atoms with van der Waals surface area (Å²) in [6.45, 7) is 3.10. The normalized spacial score (nSPS) is 10.5. The fraction of sp³-hybridized carbons (Fsp3) is 0.294. The highest BCUT2D eigenvalue weighted by Gasteiger charge is 2.08. The van der Waals surface area contributed by atoms with Crippen molar-refractivity contribution < 1.29 is 13.9 Å². The molecule has 0 saturated heterocycles. The summed E-state index contributed by atoms with van der Waals surface area (Å²) in [5.41, 5.74) is 2.43. The van der Waals surface area contributed by atoms with E-state index in [1.165, 1.54) is 6.07 Å². The number of rotatable bonds is 4. The van der Waals surface area contributed by atoms with Crippen LogP contribution in [0.15, 0.2) is 34.9 Å². The number of benzene rings is 1. The molecular formula is C17H18FNO2. The topological polar surface area (TPSA) is 36.6 Å². The molecule has 21 heavy (non-hydrogen) atoms. The maximum Gasteiger partial charge on any atom is 0.138 e. The van der Waals surface area contributed by atoms with Crippen molar-refractivity contribution in [2.45, 2.75) is 20.0 Å². The van der Waals surface area contributed by atoms with Crippen molar-refractivity contribution in [3.8, 4) is 11.8 Å². The highest BCUT2D eigenvalue weighted by atomic mass is 19.1. The van der Waals surface area contributed by atoms with Crippen LogP contribution in [0.5, 0.6) is 0 Å². The Kier molecular flexibility index (Phi) is 5.15. The molecular weight excluding hydrogens is 269 g/mol. The van der Waals surface area contributed by atoms with Gasteiger partial charge in [0.1, 0.15) is 18.2 Å². The first-order chi connectivity index (χ1) is 10.1. The Morgan fingerprint density at radius 2 is 2.10 bits per heavy atom. The number of furan rings is 1. The minimum Gasteiger partial charge on any atom is -0.469 e. The Hall–Kier alpha value is -2.09. The van der Waals surface area contributed by atoms with Gasteiger partial charge in [-0.05, 0) is 37.7 Å². The summed E-state index contributed by atoms with van der Waals surface area (Å²) < 4.78 is 18.9. The smallest absolute Gasteiger partial charge is 0.138 e. The monoisotopic (exact) mass is 287 g/mol. The minimum absolute atomic E-state index is 0.274. The van der Waals surface area contributed by atoms with Crippen LogP contribution < -0.4 is 0 Å². The molecule has 1 aromatic heterocycles. The fourth-order valence-electron chi connectivity index (χ4n) is 2.13. The predicted octanol–water partition coefficient (Wildman–Crippen LogP) is 2.70. The Balaban J connectivity index is 2.07. The lowest BCUT2D eigenvalue weighted by molar-refractivity contribution is 0.316. The molecule has 0 bridgehead atoms. The van der Waals surface area contributed by atoms with E-state index in [2.05, 4.69) is 16.7 Å². The number of hydrogen-bond donors (Lipinski definition) is 1. The number of aliphatic hydroxyl groups excluding tert-OH is 1. The molecule has 4 heteroatoms. The van der Waals surface area contributed by atoms with Crippen LogP contribution in [0.1, 0.15) is 22.5 Å². The average Bonchev–Trinajstić information content (AvgIpc) is 2.85. The molecule has 0 aliphatic rings. The summed E-state index contributed by atoms with van der Waals surface area (Å²) >= 11 is 0. The molecule has 0 radical (unpaired) electrons. The van der Waals surface area contributed by atoms with E-state index in [-0.39, 0.29) is 12.4 Å². The SMILES string of the molecule is Cc1occc1CN(C)Cc1ccc(F)c(C#CCO)c1.